The van der Waals surface area contributed by atoms with Crippen LogP contribution in [-0.4, -0.2) is 16.1 Å². The van der Waals surface area contributed by atoms with Crippen LogP contribution in [0.4, 0.5) is 10.1 Å². The lowest BCUT2D eigenvalue weighted by molar-refractivity contribution is 0.0697. The number of halogens is 3. The normalized spacial score (nSPS) is 10.5. The third-order valence-corrected chi connectivity index (χ3v) is 3.70. The van der Waals surface area contributed by atoms with Crippen molar-refractivity contribution >= 4 is 46.2 Å². The van der Waals surface area contributed by atoms with Crippen LogP contribution in [-0.2, 0) is 6.54 Å². The Morgan fingerprint density at radius 1 is 1.47 bits per heavy atom. The molecule has 0 saturated heterocycles. The smallest absolute Gasteiger partial charge is 0.337 e. The van der Waals surface area contributed by atoms with Gasteiger partial charge in [-0.1, -0.05) is 23.2 Å². The lowest BCUT2D eigenvalue weighted by atomic mass is 10.1. The number of benzene rings is 1. The number of nitrogens with one attached hydrogen (secondary N) is 1. The fraction of sp³-hybridized carbons (Fsp3) is 0.0909. The van der Waals surface area contributed by atoms with Crippen molar-refractivity contribution in [2.75, 3.05) is 5.32 Å². The zero-order chi connectivity index (χ0) is 14.0. The van der Waals surface area contributed by atoms with E-state index >= 15 is 0 Å². The zero-order valence-corrected chi connectivity index (χ0v) is 11.6. The summed E-state index contributed by atoms with van der Waals surface area (Å²) in [5.74, 6) is -2.03. The number of anilines is 1. The van der Waals surface area contributed by atoms with Crippen molar-refractivity contribution in [1.82, 2.24) is 4.98 Å². The van der Waals surface area contributed by atoms with E-state index in [0.717, 1.165) is 4.88 Å². The van der Waals surface area contributed by atoms with E-state index in [1.807, 2.05) is 0 Å². The molecule has 1 aromatic heterocycles. The predicted molar refractivity (Wildman–Crippen MR) is 72.8 cm³/mol. The Kier molecular flexibility index (Phi) is 4.24. The first-order chi connectivity index (χ1) is 8.99. The van der Waals surface area contributed by atoms with Gasteiger partial charge in [-0.2, -0.15) is 0 Å². The standard InChI is InChI=1S/C11H7Cl2FN2O2S/c12-7-2-1-6(10(17)18)9(8(7)14)15-3-5-4-16-11(13)19-5/h1-2,4,15H,3H2,(H,17,18). The van der Waals surface area contributed by atoms with Gasteiger partial charge in [0, 0.05) is 11.1 Å². The first-order valence-corrected chi connectivity index (χ1v) is 6.61. The fourth-order valence-corrected chi connectivity index (χ4v) is 2.52. The summed E-state index contributed by atoms with van der Waals surface area (Å²) in [5.41, 5.74) is -0.331. The second-order valence-corrected chi connectivity index (χ2v) is 5.63. The van der Waals surface area contributed by atoms with Crippen molar-refractivity contribution in [2.45, 2.75) is 6.54 Å². The molecule has 1 heterocycles. The maximum absolute atomic E-state index is 13.8. The molecule has 0 bridgehead atoms. The Balaban J connectivity index is 2.28. The summed E-state index contributed by atoms with van der Waals surface area (Å²) in [6.07, 6.45) is 1.53. The molecule has 19 heavy (non-hydrogen) atoms. The van der Waals surface area contributed by atoms with Crippen LogP contribution in [0, 0.1) is 5.82 Å². The number of nitrogens with zero attached hydrogens (tertiary/aromatic N) is 1. The minimum Gasteiger partial charge on any atom is -0.478 e. The Morgan fingerprint density at radius 3 is 2.79 bits per heavy atom. The van der Waals surface area contributed by atoms with E-state index in [9.17, 15) is 9.18 Å². The molecule has 8 heteroatoms. The molecule has 0 aliphatic carbocycles. The summed E-state index contributed by atoms with van der Waals surface area (Å²) >= 11 is 12.5. The van der Waals surface area contributed by atoms with Gasteiger partial charge in [-0.3, -0.25) is 0 Å². The van der Waals surface area contributed by atoms with E-state index in [0.29, 0.717) is 4.47 Å². The number of aromatic nitrogens is 1. The van der Waals surface area contributed by atoms with Crippen molar-refractivity contribution in [1.29, 1.82) is 0 Å². The summed E-state index contributed by atoms with van der Waals surface area (Å²) < 4.78 is 14.2. The van der Waals surface area contributed by atoms with E-state index in [1.54, 1.807) is 0 Å². The number of thiazole rings is 1. The van der Waals surface area contributed by atoms with Crippen molar-refractivity contribution in [3.05, 3.63) is 44.1 Å². The number of carbonyl (C=O) groups is 1. The van der Waals surface area contributed by atoms with Crippen molar-refractivity contribution in [3.8, 4) is 0 Å². The van der Waals surface area contributed by atoms with Crippen LogP contribution in [0.3, 0.4) is 0 Å². The van der Waals surface area contributed by atoms with Crippen LogP contribution in [0.5, 0.6) is 0 Å². The van der Waals surface area contributed by atoms with E-state index in [2.05, 4.69) is 10.3 Å². The van der Waals surface area contributed by atoms with Crippen LogP contribution in [0.2, 0.25) is 9.49 Å². The molecule has 1 aromatic carbocycles. The molecule has 0 saturated carbocycles. The van der Waals surface area contributed by atoms with Gasteiger partial charge in [0.25, 0.3) is 0 Å². The van der Waals surface area contributed by atoms with Crippen molar-refractivity contribution in [3.63, 3.8) is 0 Å². The third-order valence-electron chi connectivity index (χ3n) is 2.29. The Labute approximate surface area is 121 Å². The van der Waals surface area contributed by atoms with Gasteiger partial charge in [0.05, 0.1) is 22.8 Å². The molecule has 2 rings (SSSR count). The van der Waals surface area contributed by atoms with Crippen LogP contribution in [0.15, 0.2) is 18.3 Å². The minimum atomic E-state index is -1.24. The third kappa shape index (κ3) is 3.15. The maximum Gasteiger partial charge on any atom is 0.337 e. The van der Waals surface area contributed by atoms with Gasteiger partial charge in [-0.25, -0.2) is 14.2 Å². The monoisotopic (exact) mass is 320 g/mol. The minimum absolute atomic E-state index is 0.144. The highest BCUT2D eigenvalue weighted by atomic mass is 35.5. The molecule has 0 aliphatic heterocycles. The molecular formula is C11H7Cl2FN2O2S. The van der Waals surface area contributed by atoms with E-state index in [4.69, 9.17) is 28.3 Å². The van der Waals surface area contributed by atoms with Crippen LogP contribution < -0.4 is 5.32 Å². The number of carboxylic acid groups (broad SMARTS) is 1. The highest BCUT2D eigenvalue weighted by Crippen LogP contribution is 2.28. The van der Waals surface area contributed by atoms with E-state index in [-0.39, 0.29) is 22.8 Å². The van der Waals surface area contributed by atoms with Crippen LogP contribution in [0.1, 0.15) is 15.2 Å². The highest BCUT2D eigenvalue weighted by molar-refractivity contribution is 7.15. The van der Waals surface area contributed by atoms with Gasteiger partial charge < -0.3 is 10.4 Å². The maximum atomic E-state index is 13.8. The Hall–Kier alpha value is -1.37. The highest BCUT2D eigenvalue weighted by Gasteiger charge is 2.17. The van der Waals surface area contributed by atoms with Gasteiger partial charge in [0.2, 0.25) is 0 Å². The second kappa shape index (κ2) is 5.73. The summed E-state index contributed by atoms with van der Waals surface area (Å²) in [6.45, 7) is 0.210. The molecule has 100 valence electrons. The molecular weight excluding hydrogens is 314 g/mol. The SMILES string of the molecule is O=C(O)c1ccc(Cl)c(F)c1NCc1cnc(Cl)s1. The van der Waals surface area contributed by atoms with Gasteiger partial charge in [0.1, 0.15) is 0 Å². The predicted octanol–water partition coefficient (Wildman–Crippen LogP) is 3.90. The molecule has 0 radical (unpaired) electrons. The quantitative estimate of drug-likeness (QED) is 0.896. The van der Waals surface area contributed by atoms with Crippen LogP contribution in [0.25, 0.3) is 0 Å². The van der Waals surface area contributed by atoms with Crippen LogP contribution >= 0.6 is 34.5 Å². The molecule has 2 N–H and O–H groups in total. The van der Waals surface area contributed by atoms with E-state index < -0.39 is 11.8 Å². The fourth-order valence-electron chi connectivity index (χ4n) is 1.44. The van der Waals surface area contributed by atoms with Gasteiger partial charge >= 0.3 is 5.97 Å². The number of hydrogen-bond donors (Lipinski definition) is 2. The number of aromatic carboxylic acids is 1. The van der Waals surface area contributed by atoms with Gasteiger partial charge in [0.15, 0.2) is 10.3 Å². The molecule has 0 unspecified atom stereocenters. The summed E-state index contributed by atoms with van der Waals surface area (Å²) in [6, 6.07) is 2.45. The average molecular weight is 321 g/mol. The molecule has 0 fully saturated rings. The molecule has 0 aliphatic rings. The molecule has 4 nitrogen and oxygen atoms in total. The zero-order valence-electron chi connectivity index (χ0n) is 9.28. The summed E-state index contributed by atoms with van der Waals surface area (Å²) in [5, 5.41) is 11.6. The first kappa shape index (κ1) is 14.0. The van der Waals surface area contributed by atoms with E-state index in [1.165, 1.54) is 29.7 Å². The lowest BCUT2D eigenvalue weighted by Crippen LogP contribution is -2.08. The van der Waals surface area contributed by atoms with Crippen molar-refractivity contribution in [2.24, 2.45) is 0 Å². The topological polar surface area (TPSA) is 62.2 Å². The summed E-state index contributed by atoms with van der Waals surface area (Å²) in [7, 11) is 0. The lowest BCUT2D eigenvalue weighted by Gasteiger charge is -2.10. The molecule has 0 amide bonds. The molecule has 2 aromatic rings. The summed E-state index contributed by atoms with van der Waals surface area (Å²) in [4.78, 5) is 15.6. The number of rotatable bonds is 4. The Morgan fingerprint density at radius 2 is 2.21 bits per heavy atom. The van der Waals surface area contributed by atoms with Gasteiger partial charge in [-0.15, -0.1) is 11.3 Å². The molecule has 0 atom stereocenters. The molecule has 0 spiro atoms. The first-order valence-electron chi connectivity index (χ1n) is 5.04. The number of hydrogen-bond acceptors (Lipinski definition) is 4. The second-order valence-electron chi connectivity index (χ2n) is 3.52. The average Bonchev–Trinajstić information content (AvgIpc) is 2.76. The Bertz CT molecular complexity index is 633. The largest absolute Gasteiger partial charge is 0.478 e. The van der Waals surface area contributed by atoms with Gasteiger partial charge in [-0.05, 0) is 12.1 Å². The number of carboxylic acids is 1. The van der Waals surface area contributed by atoms with Crippen molar-refractivity contribution < 1.29 is 14.3 Å².